The summed E-state index contributed by atoms with van der Waals surface area (Å²) in [7, 11) is 0. The molecule has 0 saturated carbocycles. The Morgan fingerprint density at radius 2 is 2.24 bits per heavy atom. The molecule has 1 unspecified atom stereocenters. The molecule has 17 heavy (non-hydrogen) atoms. The lowest BCUT2D eigenvalue weighted by Crippen LogP contribution is -2.10. The van der Waals surface area contributed by atoms with Crippen LogP contribution in [0.4, 0.5) is 0 Å². The van der Waals surface area contributed by atoms with E-state index in [0.717, 1.165) is 12.0 Å². The summed E-state index contributed by atoms with van der Waals surface area (Å²) in [6, 6.07) is 3.56. The van der Waals surface area contributed by atoms with E-state index in [1.807, 2.05) is 6.07 Å². The van der Waals surface area contributed by atoms with Crippen molar-refractivity contribution in [1.29, 1.82) is 0 Å². The van der Waals surface area contributed by atoms with Crippen molar-refractivity contribution in [2.24, 2.45) is 0 Å². The van der Waals surface area contributed by atoms with Crippen molar-refractivity contribution in [3.8, 4) is 0 Å². The maximum absolute atomic E-state index is 11.8. The van der Waals surface area contributed by atoms with E-state index in [1.54, 1.807) is 13.0 Å². The van der Waals surface area contributed by atoms with Crippen molar-refractivity contribution in [3.63, 3.8) is 0 Å². The fraction of sp³-hybridized carbons (Fsp3) is 0.333. The minimum atomic E-state index is -0.124. The van der Waals surface area contributed by atoms with Crippen LogP contribution in [0.25, 0.3) is 10.9 Å². The fourth-order valence-corrected chi connectivity index (χ4v) is 2.55. The van der Waals surface area contributed by atoms with Gasteiger partial charge in [-0.05, 0) is 31.0 Å². The highest BCUT2D eigenvalue weighted by Gasteiger charge is 2.13. The van der Waals surface area contributed by atoms with E-state index in [-0.39, 0.29) is 10.4 Å². The summed E-state index contributed by atoms with van der Waals surface area (Å²) in [4.78, 5) is 18.9. The SMILES string of the molecule is CCC(Br)c1cc2c(=O)[nH]c(C)nc2cc1Cl. The smallest absolute Gasteiger partial charge is 0.258 e. The van der Waals surface area contributed by atoms with Crippen LogP contribution in [0.2, 0.25) is 5.02 Å². The zero-order chi connectivity index (χ0) is 12.6. The summed E-state index contributed by atoms with van der Waals surface area (Å²) in [5, 5.41) is 1.21. The van der Waals surface area contributed by atoms with Crippen LogP contribution in [-0.2, 0) is 0 Å². The van der Waals surface area contributed by atoms with Crippen LogP contribution in [0.5, 0.6) is 0 Å². The minimum Gasteiger partial charge on any atom is -0.310 e. The maximum Gasteiger partial charge on any atom is 0.258 e. The first-order valence-corrected chi connectivity index (χ1v) is 6.66. The first-order valence-electron chi connectivity index (χ1n) is 5.37. The average molecular weight is 316 g/mol. The quantitative estimate of drug-likeness (QED) is 0.858. The Hall–Kier alpha value is -0.870. The average Bonchev–Trinajstić information content (AvgIpc) is 2.27. The highest BCUT2D eigenvalue weighted by Crippen LogP contribution is 2.33. The van der Waals surface area contributed by atoms with Gasteiger partial charge in [0.05, 0.1) is 10.9 Å². The van der Waals surface area contributed by atoms with Crippen LogP contribution >= 0.6 is 27.5 Å². The van der Waals surface area contributed by atoms with Gasteiger partial charge in [0.15, 0.2) is 0 Å². The molecule has 2 rings (SSSR count). The van der Waals surface area contributed by atoms with Crippen molar-refractivity contribution < 1.29 is 0 Å². The Labute approximate surface area is 112 Å². The molecule has 1 aromatic carbocycles. The van der Waals surface area contributed by atoms with Crippen molar-refractivity contribution in [1.82, 2.24) is 9.97 Å². The molecule has 0 spiro atoms. The third-order valence-corrected chi connectivity index (χ3v) is 4.11. The van der Waals surface area contributed by atoms with E-state index in [4.69, 9.17) is 11.6 Å². The maximum atomic E-state index is 11.8. The third kappa shape index (κ3) is 2.38. The van der Waals surface area contributed by atoms with Crippen molar-refractivity contribution >= 4 is 38.4 Å². The molecular formula is C12H12BrClN2O. The molecule has 90 valence electrons. The molecule has 1 heterocycles. The molecule has 0 amide bonds. The number of halogens is 2. The predicted octanol–water partition coefficient (Wildman–Crippen LogP) is 3.73. The Balaban J connectivity index is 2.76. The Bertz CT molecular complexity index is 624. The molecule has 2 aromatic rings. The summed E-state index contributed by atoms with van der Waals surface area (Å²) in [5.41, 5.74) is 1.44. The summed E-state index contributed by atoms with van der Waals surface area (Å²) in [5.74, 6) is 0.595. The second-order valence-corrected chi connectivity index (χ2v) is 5.43. The molecule has 1 N–H and O–H groups in total. The second-order valence-electron chi connectivity index (χ2n) is 3.92. The van der Waals surface area contributed by atoms with Crippen LogP contribution < -0.4 is 5.56 Å². The molecule has 5 heteroatoms. The highest BCUT2D eigenvalue weighted by atomic mass is 79.9. The van der Waals surface area contributed by atoms with Gasteiger partial charge in [0.25, 0.3) is 5.56 Å². The van der Waals surface area contributed by atoms with Gasteiger partial charge in [0.2, 0.25) is 0 Å². The number of aryl methyl sites for hydroxylation is 1. The van der Waals surface area contributed by atoms with Gasteiger partial charge >= 0.3 is 0 Å². The Morgan fingerprint density at radius 3 is 2.88 bits per heavy atom. The normalized spacial score (nSPS) is 12.9. The number of aromatic amines is 1. The lowest BCUT2D eigenvalue weighted by atomic mass is 10.1. The first-order chi connectivity index (χ1) is 8.02. The van der Waals surface area contributed by atoms with Gasteiger partial charge in [0.1, 0.15) is 5.82 Å². The van der Waals surface area contributed by atoms with Crippen LogP contribution in [0.1, 0.15) is 29.6 Å². The van der Waals surface area contributed by atoms with Crippen LogP contribution in [0.3, 0.4) is 0 Å². The lowest BCUT2D eigenvalue weighted by Gasteiger charge is -2.10. The minimum absolute atomic E-state index is 0.124. The van der Waals surface area contributed by atoms with Gasteiger partial charge in [-0.2, -0.15) is 0 Å². The number of rotatable bonds is 2. The zero-order valence-corrected chi connectivity index (χ0v) is 11.9. The van der Waals surface area contributed by atoms with E-state index in [9.17, 15) is 4.79 Å². The summed E-state index contributed by atoms with van der Waals surface area (Å²) < 4.78 is 0. The molecule has 0 aliphatic rings. The molecule has 1 atom stereocenters. The molecule has 3 nitrogen and oxygen atoms in total. The Morgan fingerprint density at radius 1 is 1.53 bits per heavy atom. The number of nitrogens with one attached hydrogen (secondary N) is 1. The van der Waals surface area contributed by atoms with E-state index in [2.05, 4.69) is 32.8 Å². The molecule has 0 bridgehead atoms. The number of hydrogen-bond acceptors (Lipinski definition) is 2. The van der Waals surface area contributed by atoms with Crippen molar-refractivity contribution in [2.75, 3.05) is 0 Å². The summed E-state index contributed by atoms with van der Waals surface area (Å²) in [6.07, 6.45) is 0.905. The molecule has 1 aromatic heterocycles. The standard InChI is InChI=1S/C12H12BrClN2O/c1-3-9(13)7-4-8-11(5-10(7)14)15-6(2)16-12(8)17/h4-5,9H,3H2,1-2H3,(H,15,16,17). The lowest BCUT2D eigenvalue weighted by molar-refractivity contribution is 0.912. The summed E-state index contributed by atoms with van der Waals surface area (Å²) in [6.45, 7) is 3.81. The van der Waals surface area contributed by atoms with Crippen LogP contribution in [0.15, 0.2) is 16.9 Å². The molecule has 0 aliphatic heterocycles. The van der Waals surface area contributed by atoms with E-state index in [0.29, 0.717) is 21.7 Å². The first kappa shape index (κ1) is 12.6. The number of hydrogen-bond donors (Lipinski definition) is 1. The predicted molar refractivity (Wildman–Crippen MR) is 74.1 cm³/mol. The molecule has 0 radical (unpaired) electrons. The largest absolute Gasteiger partial charge is 0.310 e. The van der Waals surface area contributed by atoms with Gasteiger partial charge < -0.3 is 4.98 Å². The molecule has 0 saturated heterocycles. The van der Waals surface area contributed by atoms with Crippen LogP contribution in [0, 0.1) is 6.92 Å². The van der Waals surface area contributed by atoms with Gasteiger partial charge in [-0.3, -0.25) is 4.79 Å². The highest BCUT2D eigenvalue weighted by molar-refractivity contribution is 9.09. The van der Waals surface area contributed by atoms with Crippen LogP contribution in [-0.4, -0.2) is 9.97 Å². The van der Waals surface area contributed by atoms with Gasteiger partial charge in [-0.25, -0.2) is 4.98 Å². The number of nitrogens with zero attached hydrogens (tertiary/aromatic N) is 1. The molecular weight excluding hydrogens is 304 g/mol. The third-order valence-electron chi connectivity index (χ3n) is 2.64. The second kappa shape index (κ2) is 4.78. The summed E-state index contributed by atoms with van der Waals surface area (Å²) >= 11 is 9.74. The number of H-pyrrole nitrogens is 1. The number of fused-ring (bicyclic) bond motifs is 1. The van der Waals surface area contributed by atoms with Gasteiger partial charge in [0, 0.05) is 9.85 Å². The number of benzene rings is 1. The van der Waals surface area contributed by atoms with E-state index >= 15 is 0 Å². The Kier molecular flexibility index (Phi) is 3.54. The fourth-order valence-electron chi connectivity index (χ4n) is 1.75. The number of alkyl halides is 1. The topological polar surface area (TPSA) is 45.8 Å². The monoisotopic (exact) mass is 314 g/mol. The van der Waals surface area contributed by atoms with Crippen molar-refractivity contribution in [3.05, 3.63) is 38.9 Å². The van der Waals surface area contributed by atoms with Crippen molar-refractivity contribution in [2.45, 2.75) is 25.1 Å². The van der Waals surface area contributed by atoms with E-state index in [1.165, 1.54) is 0 Å². The van der Waals surface area contributed by atoms with Gasteiger partial charge in [-0.15, -0.1) is 0 Å². The zero-order valence-electron chi connectivity index (χ0n) is 9.55. The van der Waals surface area contributed by atoms with E-state index < -0.39 is 0 Å². The molecule has 0 fully saturated rings. The molecule has 0 aliphatic carbocycles. The number of aromatic nitrogens is 2. The van der Waals surface area contributed by atoms with Gasteiger partial charge in [-0.1, -0.05) is 34.5 Å².